The third-order valence-electron chi connectivity index (χ3n) is 4.74. The van der Waals surface area contributed by atoms with Gasteiger partial charge in [0.2, 0.25) is 11.7 Å². The minimum Gasteiger partial charge on any atom is -0.339 e. The van der Waals surface area contributed by atoms with Crippen molar-refractivity contribution in [1.82, 2.24) is 25.5 Å². The highest BCUT2D eigenvalue weighted by molar-refractivity contribution is 6.31. The Hall–Kier alpha value is -3.61. The lowest BCUT2D eigenvalue weighted by Gasteiger charge is -2.19. The number of aryl methyl sites for hydroxylation is 1. The first kappa shape index (κ1) is 26.0. The first-order valence-corrected chi connectivity index (χ1v) is 10.3. The normalized spacial score (nSPS) is 13.0. The van der Waals surface area contributed by atoms with E-state index in [9.17, 15) is 26.7 Å². The summed E-state index contributed by atoms with van der Waals surface area (Å²) in [4.78, 5) is 20.2. The molecule has 0 aliphatic rings. The highest BCUT2D eigenvalue weighted by Crippen LogP contribution is 2.36. The van der Waals surface area contributed by atoms with Crippen molar-refractivity contribution in [3.05, 3.63) is 52.6 Å². The predicted molar refractivity (Wildman–Crippen MR) is 117 cm³/mol. The van der Waals surface area contributed by atoms with Crippen LogP contribution in [-0.4, -0.2) is 45.1 Å². The maximum atomic E-state index is 15.0. The van der Waals surface area contributed by atoms with Gasteiger partial charge in [0, 0.05) is 30.8 Å². The van der Waals surface area contributed by atoms with Crippen LogP contribution < -0.4 is 5.32 Å². The smallest absolute Gasteiger partial charge is 0.339 e. The molecule has 0 saturated heterocycles. The lowest BCUT2D eigenvalue weighted by atomic mass is 9.99. The SMILES string of the molecule is C/C(=N/N(C)C(=O)NC(C)c1ncc(-c2cc(Cl)cc(F)c2-c2noc(C)n2)cc1F)C(F)(F)F. The summed E-state index contributed by atoms with van der Waals surface area (Å²) in [5.74, 6) is -1.53. The van der Waals surface area contributed by atoms with Crippen LogP contribution in [0.4, 0.5) is 26.7 Å². The van der Waals surface area contributed by atoms with Gasteiger partial charge in [-0.05, 0) is 37.6 Å². The fraction of sp³-hybridized carbons (Fsp3) is 0.286. The summed E-state index contributed by atoms with van der Waals surface area (Å²) < 4.78 is 72.5. The molecule has 1 aromatic carbocycles. The molecule has 0 aliphatic heterocycles. The van der Waals surface area contributed by atoms with Gasteiger partial charge < -0.3 is 9.84 Å². The van der Waals surface area contributed by atoms with Crippen LogP contribution in [0.5, 0.6) is 0 Å². The fourth-order valence-corrected chi connectivity index (χ4v) is 3.22. The molecular weight excluding hydrogens is 499 g/mol. The Morgan fingerprint density at radius 1 is 1.23 bits per heavy atom. The number of amides is 2. The summed E-state index contributed by atoms with van der Waals surface area (Å²) >= 11 is 5.99. The minimum absolute atomic E-state index is 0.0318. The lowest BCUT2D eigenvalue weighted by molar-refractivity contribution is -0.0602. The monoisotopic (exact) mass is 516 g/mol. The number of nitrogens with zero attached hydrogens (tertiary/aromatic N) is 5. The number of halogens is 6. The Morgan fingerprint density at radius 3 is 2.49 bits per heavy atom. The second kappa shape index (κ2) is 9.94. The summed E-state index contributed by atoms with van der Waals surface area (Å²) in [7, 11) is 1.01. The molecule has 0 fully saturated rings. The second-order valence-electron chi connectivity index (χ2n) is 7.42. The Kier molecular flexibility index (Phi) is 7.38. The van der Waals surface area contributed by atoms with E-state index in [1.165, 1.54) is 26.1 Å². The third kappa shape index (κ3) is 5.91. The number of alkyl halides is 3. The Bertz CT molecular complexity index is 1290. The number of pyridine rings is 1. The van der Waals surface area contributed by atoms with Crippen molar-refractivity contribution in [1.29, 1.82) is 0 Å². The largest absolute Gasteiger partial charge is 0.430 e. The molecule has 3 rings (SSSR count). The predicted octanol–water partition coefficient (Wildman–Crippen LogP) is 5.68. The first-order valence-electron chi connectivity index (χ1n) is 9.90. The number of carbonyl (C=O) groups is 1. The number of hydrazone groups is 1. The summed E-state index contributed by atoms with van der Waals surface area (Å²) in [5, 5.41) is 9.64. The van der Waals surface area contributed by atoms with Crippen LogP contribution in [0.15, 0.2) is 34.0 Å². The van der Waals surface area contributed by atoms with Gasteiger partial charge in [-0.1, -0.05) is 16.8 Å². The van der Waals surface area contributed by atoms with Crippen molar-refractivity contribution in [3.63, 3.8) is 0 Å². The number of rotatable bonds is 5. The average molecular weight is 517 g/mol. The number of hydrogen-bond donors (Lipinski definition) is 1. The van der Waals surface area contributed by atoms with Gasteiger partial charge in [-0.25, -0.2) is 18.6 Å². The third-order valence-corrected chi connectivity index (χ3v) is 4.96. The van der Waals surface area contributed by atoms with E-state index < -0.39 is 35.6 Å². The molecule has 35 heavy (non-hydrogen) atoms. The van der Waals surface area contributed by atoms with Crippen LogP contribution >= 0.6 is 11.6 Å². The minimum atomic E-state index is -4.71. The Morgan fingerprint density at radius 2 is 1.91 bits per heavy atom. The van der Waals surface area contributed by atoms with Gasteiger partial charge in [0.15, 0.2) is 0 Å². The van der Waals surface area contributed by atoms with E-state index in [1.54, 1.807) is 0 Å². The molecule has 2 heterocycles. The van der Waals surface area contributed by atoms with Crippen molar-refractivity contribution < 1.29 is 31.3 Å². The zero-order chi connectivity index (χ0) is 26.1. The van der Waals surface area contributed by atoms with Gasteiger partial charge in [-0.15, -0.1) is 0 Å². The van der Waals surface area contributed by atoms with E-state index in [1.807, 2.05) is 0 Å². The molecule has 186 valence electrons. The molecule has 0 radical (unpaired) electrons. The topological polar surface area (TPSA) is 96.5 Å². The zero-order valence-electron chi connectivity index (χ0n) is 18.7. The number of benzene rings is 1. The van der Waals surface area contributed by atoms with Crippen LogP contribution in [0.3, 0.4) is 0 Å². The number of carbonyl (C=O) groups excluding carboxylic acids is 1. The van der Waals surface area contributed by atoms with Gasteiger partial charge in [0.25, 0.3) is 0 Å². The maximum Gasteiger partial charge on any atom is 0.430 e. The van der Waals surface area contributed by atoms with Crippen LogP contribution in [0.25, 0.3) is 22.5 Å². The maximum absolute atomic E-state index is 15.0. The number of hydrogen-bond acceptors (Lipinski definition) is 6. The molecule has 3 aromatic rings. The van der Waals surface area contributed by atoms with Crippen molar-refractivity contribution in [3.8, 4) is 22.5 Å². The highest BCUT2D eigenvalue weighted by atomic mass is 35.5. The van der Waals surface area contributed by atoms with Gasteiger partial charge in [-0.3, -0.25) is 4.98 Å². The van der Waals surface area contributed by atoms with Crippen LogP contribution in [0.2, 0.25) is 5.02 Å². The molecular formula is C21H18ClF5N6O2. The van der Waals surface area contributed by atoms with Gasteiger partial charge >= 0.3 is 12.2 Å². The van der Waals surface area contributed by atoms with Gasteiger partial charge in [-0.2, -0.15) is 23.3 Å². The molecule has 0 saturated carbocycles. The number of nitrogens with one attached hydrogen (secondary N) is 1. The average Bonchev–Trinajstić information content (AvgIpc) is 3.17. The highest BCUT2D eigenvalue weighted by Gasteiger charge is 2.33. The Labute approximate surface area is 200 Å². The molecule has 2 aromatic heterocycles. The van der Waals surface area contributed by atoms with Crippen LogP contribution in [0, 0.1) is 18.6 Å². The van der Waals surface area contributed by atoms with E-state index in [0.29, 0.717) is 11.9 Å². The van der Waals surface area contributed by atoms with Crippen LogP contribution in [0.1, 0.15) is 31.5 Å². The van der Waals surface area contributed by atoms with Crippen molar-refractivity contribution in [2.45, 2.75) is 33.0 Å². The zero-order valence-corrected chi connectivity index (χ0v) is 19.5. The summed E-state index contributed by atoms with van der Waals surface area (Å²) in [6.07, 6.45) is -3.49. The Balaban J connectivity index is 1.89. The molecule has 1 N–H and O–H groups in total. The summed E-state index contributed by atoms with van der Waals surface area (Å²) in [6.45, 7) is 3.60. The number of urea groups is 1. The molecule has 8 nitrogen and oxygen atoms in total. The van der Waals surface area contributed by atoms with E-state index in [4.69, 9.17) is 16.1 Å². The molecule has 0 aliphatic carbocycles. The van der Waals surface area contributed by atoms with Crippen molar-refractivity contribution in [2.75, 3.05) is 7.05 Å². The van der Waals surface area contributed by atoms with Gasteiger partial charge in [0.1, 0.15) is 17.3 Å². The summed E-state index contributed by atoms with van der Waals surface area (Å²) in [5.41, 5.74) is -1.27. The van der Waals surface area contributed by atoms with E-state index in [-0.39, 0.29) is 39.1 Å². The molecule has 2 amide bonds. The second-order valence-corrected chi connectivity index (χ2v) is 7.85. The summed E-state index contributed by atoms with van der Waals surface area (Å²) in [6, 6.07) is 1.40. The quantitative estimate of drug-likeness (QED) is 0.267. The van der Waals surface area contributed by atoms with Crippen molar-refractivity contribution >= 4 is 23.3 Å². The molecule has 1 unspecified atom stereocenters. The van der Waals surface area contributed by atoms with E-state index in [0.717, 1.165) is 19.2 Å². The molecule has 14 heteroatoms. The standard InChI is InChI=1S/C21H18ClF5N6O2/c1-9(29-20(34)33(4)31-10(2)21(25,26)27)18-16(24)5-12(8-28-18)14-6-13(22)7-15(23)17(14)19-30-11(3)35-32-19/h5-9H,1-4H3,(H,29,34)/b31-10-. The van der Waals surface area contributed by atoms with E-state index in [2.05, 4.69) is 25.5 Å². The van der Waals surface area contributed by atoms with Crippen LogP contribution in [-0.2, 0) is 0 Å². The lowest BCUT2D eigenvalue weighted by Crippen LogP contribution is -2.37. The van der Waals surface area contributed by atoms with Gasteiger partial charge in [0.05, 0.1) is 17.3 Å². The molecule has 1 atom stereocenters. The van der Waals surface area contributed by atoms with Crippen molar-refractivity contribution in [2.24, 2.45) is 5.10 Å². The first-order chi connectivity index (χ1) is 16.3. The van der Waals surface area contributed by atoms with E-state index >= 15 is 0 Å². The fourth-order valence-electron chi connectivity index (χ4n) is 3.02. The molecule has 0 spiro atoms. The molecule has 0 bridgehead atoms. The number of aromatic nitrogens is 3.